The van der Waals surface area contributed by atoms with Gasteiger partial charge in [0.25, 0.3) is 0 Å². The van der Waals surface area contributed by atoms with Crippen LogP contribution in [0.4, 0.5) is 0 Å². The number of aryl methyl sites for hydroxylation is 1. The lowest BCUT2D eigenvalue weighted by atomic mass is 10.3. The molecule has 2 aromatic rings. The molecule has 0 aliphatic rings. The van der Waals surface area contributed by atoms with Crippen molar-refractivity contribution in [1.29, 1.82) is 0 Å². The molecule has 0 aliphatic carbocycles. The third kappa shape index (κ3) is 2.28. The highest BCUT2D eigenvalue weighted by molar-refractivity contribution is 9.10. The van der Waals surface area contributed by atoms with Crippen molar-refractivity contribution in [2.75, 3.05) is 0 Å². The summed E-state index contributed by atoms with van der Waals surface area (Å²) >= 11 is 3.48. The first-order valence-corrected chi connectivity index (χ1v) is 6.21. The molecular formula is C12H16BrN3. The van der Waals surface area contributed by atoms with Gasteiger partial charge >= 0.3 is 0 Å². The van der Waals surface area contributed by atoms with Crippen molar-refractivity contribution in [3.05, 3.63) is 28.5 Å². The van der Waals surface area contributed by atoms with E-state index in [1.54, 1.807) is 0 Å². The fourth-order valence-corrected chi connectivity index (χ4v) is 2.02. The molecule has 0 amide bonds. The van der Waals surface area contributed by atoms with Crippen molar-refractivity contribution in [2.45, 2.75) is 26.4 Å². The molecule has 1 N–H and O–H groups in total. The average molecular weight is 282 g/mol. The second kappa shape index (κ2) is 4.55. The van der Waals surface area contributed by atoms with Crippen LogP contribution in [-0.2, 0) is 13.6 Å². The van der Waals surface area contributed by atoms with Crippen LogP contribution in [-0.4, -0.2) is 15.6 Å². The number of hydrogen-bond donors (Lipinski definition) is 1. The van der Waals surface area contributed by atoms with Crippen molar-refractivity contribution in [1.82, 2.24) is 14.9 Å². The van der Waals surface area contributed by atoms with E-state index in [1.807, 2.05) is 12.1 Å². The van der Waals surface area contributed by atoms with E-state index in [2.05, 4.69) is 57.8 Å². The Kier molecular flexibility index (Phi) is 3.30. The van der Waals surface area contributed by atoms with Gasteiger partial charge in [0, 0.05) is 17.6 Å². The summed E-state index contributed by atoms with van der Waals surface area (Å²) in [4.78, 5) is 4.60. The molecule has 1 aromatic carbocycles. The van der Waals surface area contributed by atoms with E-state index in [0.717, 1.165) is 27.9 Å². The molecule has 0 unspecified atom stereocenters. The first kappa shape index (κ1) is 11.6. The zero-order valence-corrected chi connectivity index (χ0v) is 11.4. The van der Waals surface area contributed by atoms with Crippen LogP contribution in [0.3, 0.4) is 0 Å². The lowest BCUT2D eigenvalue weighted by molar-refractivity contribution is 0.563. The van der Waals surface area contributed by atoms with Crippen molar-refractivity contribution in [2.24, 2.45) is 7.05 Å². The molecule has 0 spiro atoms. The quantitative estimate of drug-likeness (QED) is 0.938. The number of nitrogens with zero attached hydrogens (tertiary/aromatic N) is 2. The maximum Gasteiger partial charge on any atom is 0.123 e. The summed E-state index contributed by atoms with van der Waals surface area (Å²) in [6.45, 7) is 5.08. The molecule has 1 aromatic heterocycles. The van der Waals surface area contributed by atoms with Gasteiger partial charge in [0.05, 0.1) is 17.6 Å². The van der Waals surface area contributed by atoms with Gasteiger partial charge in [-0.1, -0.05) is 29.8 Å². The summed E-state index contributed by atoms with van der Waals surface area (Å²) in [7, 11) is 2.05. The second-order valence-corrected chi connectivity index (χ2v) is 5.17. The van der Waals surface area contributed by atoms with Crippen LogP contribution in [0.25, 0.3) is 11.0 Å². The van der Waals surface area contributed by atoms with Crippen LogP contribution in [0.1, 0.15) is 19.7 Å². The summed E-state index contributed by atoms with van der Waals surface area (Å²) in [5, 5.41) is 3.38. The van der Waals surface area contributed by atoms with Crippen LogP contribution in [0.2, 0.25) is 0 Å². The third-order valence-electron chi connectivity index (χ3n) is 2.60. The Hall–Kier alpha value is -0.870. The molecule has 0 saturated heterocycles. The van der Waals surface area contributed by atoms with E-state index in [4.69, 9.17) is 0 Å². The Morgan fingerprint density at radius 3 is 2.88 bits per heavy atom. The zero-order valence-electron chi connectivity index (χ0n) is 9.79. The van der Waals surface area contributed by atoms with E-state index in [-0.39, 0.29) is 0 Å². The second-order valence-electron chi connectivity index (χ2n) is 4.26. The van der Waals surface area contributed by atoms with E-state index in [0.29, 0.717) is 6.04 Å². The normalized spacial score (nSPS) is 11.6. The minimum Gasteiger partial charge on any atom is -0.330 e. The highest BCUT2D eigenvalue weighted by atomic mass is 79.9. The smallest absolute Gasteiger partial charge is 0.123 e. The SMILES string of the molecule is CC(C)NCc1nc2ccc(Br)cc2n1C. The number of rotatable bonds is 3. The van der Waals surface area contributed by atoms with Crippen LogP contribution >= 0.6 is 15.9 Å². The van der Waals surface area contributed by atoms with Gasteiger partial charge in [-0.3, -0.25) is 0 Å². The van der Waals surface area contributed by atoms with Crippen molar-refractivity contribution >= 4 is 27.0 Å². The molecule has 0 bridgehead atoms. The fraction of sp³-hybridized carbons (Fsp3) is 0.417. The van der Waals surface area contributed by atoms with Gasteiger partial charge in [0.2, 0.25) is 0 Å². The van der Waals surface area contributed by atoms with Crippen molar-refractivity contribution < 1.29 is 0 Å². The van der Waals surface area contributed by atoms with Gasteiger partial charge in [-0.15, -0.1) is 0 Å². The lowest BCUT2D eigenvalue weighted by Crippen LogP contribution is -2.23. The maximum atomic E-state index is 4.60. The minimum absolute atomic E-state index is 0.478. The van der Waals surface area contributed by atoms with Crippen molar-refractivity contribution in [3.63, 3.8) is 0 Å². The summed E-state index contributed by atoms with van der Waals surface area (Å²) in [5.41, 5.74) is 2.21. The molecule has 16 heavy (non-hydrogen) atoms. The van der Waals surface area contributed by atoms with Crippen LogP contribution in [0.15, 0.2) is 22.7 Å². The fourth-order valence-electron chi connectivity index (χ4n) is 1.67. The molecule has 3 nitrogen and oxygen atoms in total. The Morgan fingerprint density at radius 2 is 2.19 bits per heavy atom. The molecule has 0 aliphatic heterocycles. The van der Waals surface area contributed by atoms with E-state index in [1.165, 1.54) is 0 Å². The molecule has 4 heteroatoms. The number of nitrogens with one attached hydrogen (secondary N) is 1. The highest BCUT2D eigenvalue weighted by Gasteiger charge is 2.07. The van der Waals surface area contributed by atoms with Gasteiger partial charge in [0.1, 0.15) is 5.82 Å². The topological polar surface area (TPSA) is 29.9 Å². The molecule has 0 atom stereocenters. The number of halogens is 1. The maximum absolute atomic E-state index is 4.60. The van der Waals surface area contributed by atoms with E-state index >= 15 is 0 Å². The Bertz CT molecular complexity index is 502. The molecule has 0 radical (unpaired) electrons. The predicted molar refractivity (Wildman–Crippen MR) is 70.4 cm³/mol. The molecule has 0 fully saturated rings. The number of imidazole rings is 1. The van der Waals surface area contributed by atoms with E-state index in [9.17, 15) is 0 Å². The van der Waals surface area contributed by atoms with Gasteiger partial charge in [-0.25, -0.2) is 4.98 Å². The molecule has 86 valence electrons. The van der Waals surface area contributed by atoms with Gasteiger partial charge in [-0.2, -0.15) is 0 Å². The Morgan fingerprint density at radius 1 is 1.44 bits per heavy atom. The van der Waals surface area contributed by atoms with Gasteiger partial charge < -0.3 is 9.88 Å². The summed E-state index contributed by atoms with van der Waals surface area (Å²) in [6, 6.07) is 6.64. The highest BCUT2D eigenvalue weighted by Crippen LogP contribution is 2.20. The number of benzene rings is 1. The zero-order chi connectivity index (χ0) is 11.7. The van der Waals surface area contributed by atoms with Gasteiger partial charge in [-0.05, 0) is 18.2 Å². The summed E-state index contributed by atoms with van der Waals surface area (Å²) < 4.78 is 3.22. The number of hydrogen-bond acceptors (Lipinski definition) is 2. The molecule has 0 saturated carbocycles. The van der Waals surface area contributed by atoms with E-state index < -0.39 is 0 Å². The first-order valence-electron chi connectivity index (χ1n) is 5.42. The largest absolute Gasteiger partial charge is 0.330 e. The van der Waals surface area contributed by atoms with Gasteiger partial charge in [0.15, 0.2) is 0 Å². The number of fused-ring (bicyclic) bond motifs is 1. The summed E-state index contributed by atoms with van der Waals surface area (Å²) in [5.74, 6) is 1.07. The summed E-state index contributed by atoms with van der Waals surface area (Å²) in [6.07, 6.45) is 0. The lowest BCUT2D eigenvalue weighted by Gasteiger charge is -2.07. The Labute approximate surface area is 104 Å². The first-order chi connectivity index (χ1) is 7.58. The number of aromatic nitrogens is 2. The predicted octanol–water partition coefficient (Wildman–Crippen LogP) is 2.83. The monoisotopic (exact) mass is 281 g/mol. The van der Waals surface area contributed by atoms with Crippen molar-refractivity contribution in [3.8, 4) is 0 Å². The minimum atomic E-state index is 0.478. The van der Waals surface area contributed by atoms with Crippen LogP contribution < -0.4 is 5.32 Å². The molecule has 1 heterocycles. The van der Waals surface area contributed by atoms with Crippen LogP contribution in [0.5, 0.6) is 0 Å². The van der Waals surface area contributed by atoms with Crippen LogP contribution in [0, 0.1) is 0 Å². The Balaban J connectivity index is 2.36. The standard InChI is InChI=1S/C12H16BrN3/c1-8(2)14-7-12-15-10-5-4-9(13)6-11(10)16(12)3/h4-6,8,14H,7H2,1-3H3. The molecule has 2 rings (SSSR count). The molecular weight excluding hydrogens is 266 g/mol. The third-order valence-corrected chi connectivity index (χ3v) is 3.10. The average Bonchev–Trinajstić information content (AvgIpc) is 2.53.